The van der Waals surface area contributed by atoms with Gasteiger partial charge in [0.25, 0.3) is 0 Å². The molecule has 38 heavy (non-hydrogen) atoms. The second-order valence-corrected chi connectivity index (χ2v) is 12.4. The van der Waals surface area contributed by atoms with Crippen LogP contribution in [-0.4, -0.2) is 9.97 Å². The maximum Gasteiger partial charge on any atom is 0.0780 e. The molecule has 0 atom stereocenters. The van der Waals surface area contributed by atoms with Gasteiger partial charge in [-0.2, -0.15) is 0 Å². The maximum atomic E-state index is 4.94. The molecule has 0 unspecified atom stereocenters. The lowest BCUT2D eigenvalue weighted by molar-refractivity contribution is 0.581. The van der Waals surface area contributed by atoms with E-state index in [-0.39, 0.29) is 10.8 Å². The van der Waals surface area contributed by atoms with Crippen molar-refractivity contribution in [2.75, 3.05) is 0 Å². The minimum absolute atomic E-state index is 0.00256. The highest BCUT2D eigenvalue weighted by Gasteiger charge is 2.30. The molecule has 0 radical (unpaired) electrons. The highest BCUT2D eigenvalue weighted by atomic mass is 14.7. The lowest BCUT2D eigenvalue weighted by Crippen LogP contribution is -2.11. The fourth-order valence-corrected chi connectivity index (χ4v) is 5.68. The van der Waals surface area contributed by atoms with E-state index in [4.69, 9.17) is 9.97 Å². The van der Waals surface area contributed by atoms with E-state index in [1.807, 2.05) is 12.4 Å². The molecule has 4 aromatic rings. The van der Waals surface area contributed by atoms with E-state index in [1.54, 1.807) is 0 Å². The van der Waals surface area contributed by atoms with Crippen LogP contribution in [0.4, 0.5) is 0 Å². The van der Waals surface area contributed by atoms with Gasteiger partial charge in [0.2, 0.25) is 0 Å². The van der Waals surface area contributed by atoms with Crippen LogP contribution in [0.2, 0.25) is 0 Å². The van der Waals surface area contributed by atoms with Crippen molar-refractivity contribution in [2.45, 2.75) is 52.4 Å². The molecule has 2 aliphatic carbocycles. The molecule has 0 fully saturated rings. The third kappa shape index (κ3) is 4.15. The quantitative estimate of drug-likeness (QED) is 0.239. The lowest BCUT2D eigenvalue weighted by Gasteiger charge is -2.19. The molecule has 0 saturated heterocycles. The van der Waals surface area contributed by atoms with Crippen molar-refractivity contribution in [3.05, 3.63) is 108 Å². The van der Waals surface area contributed by atoms with Crippen LogP contribution < -0.4 is 0 Å². The van der Waals surface area contributed by atoms with Crippen molar-refractivity contribution in [1.82, 2.24) is 9.97 Å². The van der Waals surface area contributed by atoms with Crippen LogP contribution >= 0.6 is 0 Å². The van der Waals surface area contributed by atoms with Crippen molar-refractivity contribution in [3.63, 3.8) is 0 Å². The van der Waals surface area contributed by atoms with Crippen molar-refractivity contribution >= 4 is 21.5 Å². The van der Waals surface area contributed by atoms with E-state index in [0.717, 1.165) is 33.3 Å². The van der Waals surface area contributed by atoms with Crippen LogP contribution in [0.15, 0.2) is 97.3 Å². The average Bonchev–Trinajstić information content (AvgIpc) is 3.15. The van der Waals surface area contributed by atoms with Crippen LogP contribution in [0.1, 0.15) is 52.7 Å². The summed E-state index contributed by atoms with van der Waals surface area (Å²) < 4.78 is 0. The van der Waals surface area contributed by atoms with E-state index in [1.165, 1.54) is 33.0 Å². The second kappa shape index (κ2) is 8.77. The van der Waals surface area contributed by atoms with Crippen molar-refractivity contribution in [1.29, 1.82) is 0 Å². The summed E-state index contributed by atoms with van der Waals surface area (Å²) in [5.74, 6) is 0. The predicted molar refractivity (Wildman–Crippen MR) is 162 cm³/mol. The number of aromatic nitrogens is 2. The molecule has 0 N–H and O–H groups in total. The first kappa shape index (κ1) is 24.3. The highest BCUT2D eigenvalue weighted by Crippen LogP contribution is 2.46. The Morgan fingerprint density at radius 3 is 1.32 bits per heavy atom. The summed E-state index contributed by atoms with van der Waals surface area (Å²) in [5.41, 5.74) is 9.53. The van der Waals surface area contributed by atoms with Gasteiger partial charge in [-0.3, -0.25) is 9.97 Å². The Hall–Kier alpha value is -4.04. The number of rotatable bonds is 2. The fourth-order valence-electron chi connectivity index (χ4n) is 5.68. The number of hydrogen-bond donors (Lipinski definition) is 0. The van der Waals surface area contributed by atoms with Gasteiger partial charge in [0, 0.05) is 34.3 Å². The molecule has 2 heteroatoms. The van der Waals surface area contributed by atoms with Crippen molar-refractivity contribution in [3.8, 4) is 33.6 Å². The number of fused-ring (bicyclic) bond motifs is 3. The molecule has 2 heterocycles. The number of benzene rings is 2. The molecule has 6 rings (SSSR count). The third-order valence-electron chi connectivity index (χ3n) is 7.58. The molecule has 188 valence electrons. The predicted octanol–water partition coefficient (Wildman–Crippen LogP) is 9.82. The van der Waals surface area contributed by atoms with E-state index >= 15 is 0 Å². The van der Waals surface area contributed by atoms with Gasteiger partial charge in [-0.1, -0.05) is 96.1 Å². The standard InChI is InChI=1S/C36H34N2/c1-35(2,3)31-22-32(36(4,5)6)30-21-26(34-28-14-10-8-12-24(28)16-18-38-34)19-25(20-29(30)31)33-27-13-9-7-11-23(27)15-17-37-33/h7-22H,1-6H3. The number of nitrogens with zero attached hydrogens (tertiary/aromatic N) is 2. The van der Waals surface area contributed by atoms with Crippen LogP contribution in [0.5, 0.6) is 0 Å². The van der Waals surface area contributed by atoms with Crippen LogP contribution in [0, 0.1) is 0 Å². The van der Waals surface area contributed by atoms with Gasteiger partial charge in [-0.25, -0.2) is 0 Å². The van der Waals surface area contributed by atoms with E-state index in [9.17, 15) is 0 Å². The zero-order chi connectivity index (χ0) is 26.7. The Kier molecular flexibility index (Phi) is 5.61. The van der Waals surface area contributed by atoms with Crippen molar-refractivity contribution < 1.29 is 0 Å². The van der Waals surface area contributed by atoms with Crippen molar-refractivity contribution in [2.24, 2.45) is 0 Å². The van der Waals surface area contributed by atoms with Gasteiger partial charge >= 0.3 is 0 Å². The van der Waals surface area contributed by atoms with Crippen LogP contribution in [-0.2, 0) is 10.8 Å². The third-order valence-corrected chi connectivity index (χ3v) is 7.58. The summed E-state index contributed by atoms with van der Waals surface area (Å²) in [5, 5.41) is 4.70. The highest BCUT2D eigenvalue weighted by molar-refractivity contribution is 5.99. The topological polar surface area (TPSA) is 25.8 Å². The van der Waals surface area contributed by atoms with Crippen LogP contribution in [0.25, 0.3) is 55.2 Å². The normalized spacial score (nSPS) is 12.5. The first-order valence-electron chi connectivity index (χ1n) is 13.4. The summed E-state index contributed by atoms with van der Waals surface area (Å²) >= 11 is 0. The second-order valence-electron chi connectivity index (χ2n) is 12.4. The first-order chi connectivity index (χ1) is 18.1. The van der Waals surface area contributed by atoms with Gasteiger partial charge in [-0.15, -0.1) is 0 Å². The summed E-state index contributed by atoms with van der Waals surface area (Å²) in [6, 6.07) is 30.7. The number of hydrogen-bond acceptors (Lipinski definition) is 2. The van der Waals surface area contributed by atoms with E-state index < -0.39 is 0 Å². The summed E-state index contributed by atoms with van der Waals surface area (Å²) in [4.78, 5) is 9.87. The molecule has 2 nitrogen and oxygen atoms in total. The first-order valence-corrected chi connectivity index (χ1v) is 13.4. The lowest BCUT2D eigenvalue weighted by atomic mass is 9.85. The molecule has 0 amide bonds. The molecule has 2 aromatic carbocycles. The molecule has 2 aliphatic rings. The Morgan fingerprint density at radius 2 is 0.895 bits per heavy atom. The van der Waals surface area contributed by atoms with Crippen LogP contribution in [0.3, 0.4) is 0 Å². The molecule has 0 saturated carbocycles. The molecule has 2 aromatic heterocycles. The maximum absolute atomic E-state index is 4.94. The van der Waals surface area contributed by atoms with E-state index in [0.29, 0.717) is 0 Å². The summed E-state index contributed by atoms with van der Waals surface area (Å²) in [6.45, 7) is 13.9. The van der Waals surface area contributed by atoms with E-state index in [2.05, 4.69) is 126 Å². The minimum Gasteiger partial charge on any atom is -0.256 e. The summed E-state index contributed by atoms with van der Waals surface area (Å²) in [7, 11) is 0. The molecule has 0 aliphatic heterocycles. The fraction of sp³-hybridized carbons (Fsp3) is 0.222. The van der Waals surface area contributed by atoms with Gasteiger partial charge in [-0.05, 0) is 74.2 Å². The monoisotopic (exact) mass is 494 g/mol. The Bertz CT molecular complexity index is 1640. The average molecular weight is 495 g/mol. The zero-order valence-electron chi connectivity index (χ0n) is 23.1. The zero-order valence-corrected chi connectivity index (χ0v) is 23.1. The minimum atomic E-state index is -0.00256. The Morgan fingerprint density at radius 1 is 0.474 bits per heavy atom. The van der Waals surface area contributed by atoms with Gasteiger partial charge in [0.15, 0.2) is 0 Å². The molecular weight excluding hydrogens is 460 g/mol. The van der Waals surface area contributed by atoms with Gasteiger partial charge in [0.05, 0.1) is 11.4 Å². The number of pyridine rings is 2. The SMILES string of the molecule is CC(C)(C)c1cc(C(C)(C)C)c2cc(-c3nccc4ccccc34)cc(-c3nccc4ccccc34)cc1-2. The molecule has 0 spiro atoms. The smallest absolute Gasteiger partial charge is 0.0780 e. The van der Waals surface area contributed by atoms with Gasteiger partial charge in [0.1, 0.15) is 0 Å². The summed E-state index contributed by atoms with van der Waals surface area (Å²) in [6.07, 6.45) is 3.85. The molecule has 0 bridgehead atoms. The van der Waals surface area contributed by atoms with Gasteiger partial charge < -0.3 is 0 Å². The largest absolute Gasteiger partial charge is 0.256 e. The molecular formula is C36H34N2. The Balaban J connectivity index is 1.77. The Labute approximate surface area is 225 Å².